The second-order valence-corrected chi connectivity index (χ2v) is 5.33. The van der Waals surface area contributed by atoms with Crippen LogP contribution in [0.25, 0.3) is 11.4 Å². The first-order chi connectivity index (χ1) is 10.0. The van der Waals surface area contributed by atoms with Gasteiger partial charge in [0.1, 0.15) is 5.75 Å². The SMILES string of the molecule is CC[C@@H](C)Oc1c(C)cc(-c2noc(CCN)n2)cc1C. The minimum absolute atomic E-state index is 0.203. The average molecular weight is 289 g/mol. The number of hydrogen-bond donors (Lipinski definition) is 1. The van der Waals surface area contributed by atoms with Gasteiger partial charge in [0, 0.05) is 18.5 Å². The molecule has 0 bridgehead atoms. The number of nitrogens with two attached hydrogens (primary N) is 1. The molecule has 2 aromatic rings. The molecular formula is C16H23N3O2. The van der Waals surface area contributed by atoms with Crippen LogP contribution in [0.3, 0.4) is 0 Å². The van der Waals surface area contributed by atoms with Crippen LogP contribution in [-0.4, -0.2) is 22.8 Å². The van der Waals surface area contributed by atoms with Gasteiger partial charge in [-0.25, -0.2) is 0 Å². The Hall–Kier alpha value is -1.88. The van der Waals surface area contributed by atoms with Gasteiger partial charge < -0.3 is 15.0 Å². The van der Waals surface area contributed by atoms with E-state index in [4.69, 9.17) is 15.0 Å². The molecule has 1 heterocycles. The highest BCUT2D eigenvalue weighted by molar-refractivity contribution is 5.61. The van der Waals surface area contributed by atoms with Crippen LogP contribution in [0.5, 0.6) is 5.75 Å². The summed E-state index contributed by atoms with van der Waals surface area (Å²) in [7, 11) is 0. The third kappa shape index (κ3) is 3.61. The molecule has 0 fully saturated rings. The van der Waals surface area contributed by atoms with Gasteiger partial charge in [0.05, 0.1) is 6.10 Å². The van der Waals surface area contributed by atoms with Crippen molar-refractivity contribution < 1.29 is 9.26 Å². The Morgan fingerprint density at radius 1 is 1.29 bits per heavy atom. The van der Waals surface area contributed by atoms with Crippen molar-refractivity contribution in [2.45, 2.75) is 46.6 Å². The third-order valence-corrected chi connectivity index (χ3v) is 3.44. The van der Waals surface area contributed by atoms with E-state index in [0.717, 1.165) is 28.9 Å². The molecule has 0 aliphatic rings. The van der Waals surface area contributed by atoms with E-state index in [1.54, 1.807) is 0 Å². The topological polar surface area (TPSA) is 74.2 Å². The van der Waals surface area contributed by atoms with Crippen LogP contribution in [0.15, 0.2) is 16.7 Å². The fourth-order valence-electron chi connectivity index (χ4n) is 2.15. The van der Waals surface area contributed by atoms with Crippen LogP contribution in [0.2, 0.25) is 0 Å². The van der Waals surface area contributed by atoms with Gasteiger partial charge in [-0.3, -0.25) is 0 Å². The number of rotatable bonds is 6. The first-order valence-electron chi connectivity index (χ1n) is 7.36. The molecule has 114 valence electrons. The Morgan fingerprint density at radius 2 is 1.95 bits per heavy atom. The molecular weight excluding hydrogens is 266 g/mol. The van der Waals surface area contributed by atoms with Gasteiger partial charge in [-0.2, -0.15) is 4.98 Å². The van der Waals surface area contributed by atoms with Gasteiger partial charge in [0.2, 0.25) is 11.7 Å². The molecule has 5 heteroatoms. The fourth-order valence-corrected chi connectivity index (χ4v) is 2.15. The summed E-state index contributed by atoms with van der Waals surface area (Å²) < 4.78 is 11.2. The van der Waals surface area contributed by atoms with Gasteiger partial charge in [0.25, 0.3) is 0 Å². The van der Waals surface area contributed by atoms with Crippen LogP contribution in [0.4, 0.5) is 0 Å². The normalized spacial score (nSPS) is 12.4. The van der Waals surface area contributed by atoms with E-state index in [1.165, 1.54) is 0 Å². The largest absolute Gasteiger partial charge is 0.490 e. The lowest BCUT2D eigenvalue weighted by molar-refractivity contribution is 0.214. The molecule has 0 radical (unpaired) electrons. The summed E-state index contributed by atoms with van der Waals surface area (Å²) in [5.74, 6) is 2.11. The average Bonchev–Trinajstić information content (AvgIpc) is 2.91. The Kier molecular flexibility index (Phi) is 4.96. The monoisotopic (exact) mass is 289 g/mol. The second-order valence-electron chi connectivity index (χ2n) is 5.33. The van der Waals surface area contributed by atoms with Crippen molar-refractivity contribution >= 4 is 0 Å². The summed E-state index contributed by atoms with van der Waals surface area (Å²) in [5, 5.41) is 4.01. The molecule has 0 saturated carbocycles. The van der Waals surface area contributed by atoms with E-state index in [9.17, 15) is 0 Å². The van der Waals surface area contributed by atoms with Gasteiger partial charge in [0.15, 0.2) is 0 Å². The van der Waals surface area contributed by atoms with Crippen molar-refractivity contribution in [2.24, 2.45) is 5.73 Å². The van der Waals surface area contributed by atoms with E-state index in [2.05, 4.69) is 24.0 Å². The standard InChI is InChI=1S/C16H23N3O2/c1-5-12(4)20-15-10(2)8-13(9-11(15)3)16-18-14(6-7-17)21-19-16/h8-9,12H,5-7,17H2,1-4H3/t12-/m1/s1. The van der Waals surface area contributed by atoms with Crippen molar-refractivity contribution in [1.29, 1.82) is 0 Å². The maximum absolute atomic E-state index is 5.98. The van der Waals surface area contributed by atoms with Crippen molar-refractivity contribution in [2.75, 3.05) is 6.54 Å². The Morgan fingerprint density at radius 3 is 2.52 bits per heavy atom. The number of nitrogens with zero attached hydrogens (tertiary/aromatic N) is 2. The summed E-state index contributed by atoms with van der Waals surface area (Å²) in [6.45, 7) is 8.76. The zero-order valence-corrected chi connectivity index (χ0v) is 13.1. The fraction of sp³-hybridized carbons (Fsp3) is 0.500. The molecule has 2 rings (SSSR count). The zero-order chi connectivity index (χ0) is 15.4. The minimum Gasteiger partial charge on any atom is -0.490 e. The number of hydrogen-bond acceptors (Lipinski definition) is 5. The molecule has 1 atom stereocenters. The molecule has 1 aromatic heterocycles. The summed E-state index contributed by atoms with van der Waals surface area (Å²) in [5.41, 5.74) is 8.59. The Balaban J connectivity index is 2.29. The van der Waals surface area contributed by atoms with Gasteiger partial charge in [-0.1, -0.05) is 12.1 Å². The highest BCUT2D eigenvalue weighted by Crippen LogP contribution is 2.30. The summed E-state index contributed by atoms with van der Waals surface area (Å²) >= 11 is 0. The third-order valence-electron chi connectivity index (χ3n) is 3.44. The number of benzene rings is 1. The smallest absolute Gasteiger partial charge is 0.228 e. The lowest BCUT2D eigenvalue weighted by Crippen LogP contribution is -2.11. The summed E-state index contributed by atoms with van der Waals surface area (Å²) in [6, 6.07) is 4.06. The predicted molar refractivity (Wildman–Crippen MR) is 82.3 cm³/mol. The van der Waals surface area contributed by atoms with Gasteiger partial charge >= 0.3 is 0 Å². The molecule has 0 aliphatic heterocycles. The highest BCUT2D eigenvalue weighted by Gasteiger charge is 2.13. The first kappa shape index (κ1) is 15.5. The predicted octanol–water partition coefficient (Wildman–Crippen LogP) is 3.03. The highest BCUT2D eigenvalue weighted by atomic mass is 16.5. The summed E-state index contributed by atoms with van der Waals surface area (Å²) in [4.78, 5) is 4.36. The van der Waals surface area contributed by atoms with Gasteiger partial charge in [-0.15, -0.1) is 0 Å². The van der Waals surface area contributed by atoms with Crippen molar-refractivity contribution in [3.8, 4) is 17.1 Å². The minimum atomic E-state index is 0.203. The quantitative estimate of drug-likeness (QED) is 0.884. The van der Waals surface area contributed by atoms with Crippen LogP contribution in [0.1, 0.15) is 37.3 Å². The van der Waals surface area contributed by atoms with E-state index < -0.39 is 0 Å². The maximum Gasteiger partial charge on any atom is 0.228 e. The van der Waals surface area contributed by atoms with Gasteiger partial charge in [-0.05, 0) is 50.5 Å². The number of aromatic nitrogens is 2. The number of ether oxygens (including phenoxy) is 1. The van der Waals surface area contributed by atoms with E-state index in [1.807, 2.05) is 26.0 Å². The second kappa shape index (κ2) is 6.72. The van der Waals surface area contributed by atoms with E-state index in [0.29, 0.717) is 24.7 Å². The molecule has 0 unspecified atom stereocenters. The van der Waals surface area contributed by atoms with Crippen molar-refractivity contribution in [3.05, 3.63) is 29.2 Å². The molecule has 5 nitrogen and oxygen atoms in total. The van der Waals surface area contributed by atoms with Crippen molar-refractivity contribution in [1.82, 2.24) is 10.1 Å². The first-order valence-corrected chi connectivity index (χ1v) is 7.36. The van der Waals surface area contributed by atoms with Crippen LogP contribution in [-0.2, 0) is 6.42 Å². The number of aryl methyl sites for hydroxylation is 2. The lowest BCUT2D eigenvalue weighted by atomic mass is 10.0. The summed E-state index contributed by atoms with van der Waals surface area (Å²) in [6.07, 6.45) is 1.78. The molecule has 0 amide bonds. The lowest BCUT2D eigenvalue weighted by Gasteiger charge is -2.17. The van der Waals surface area contributed by atoms with Crippen molar-refractivity contribution in [3.63, 3.8) is 0 Å². The molecule has 1 aromatic carbocycles. The van der Waals surface area contributed by atoms with Crippen LogP contribution in [0, 0.1) is 13.8 Å². The van der Waals surface area contributed by atoms with E-state index >= 15 is 0 Å². The Bertz CT molecular complexity index is 584. The zero-order valence-electron chi connectivity index (χ0n) is 13.1. The van der Waals surface area contributed by atoms with E-state index in [-0.39, 0.29) is 6.10 Å². The maximum atomic E-state index is 5.98. The molecule has 0 saturated heterocycles. The molecule has 0 aliphatic carbocycles. The Labute approximate surface area is 125 Å². The molecule has 0 spiro atoms. The van der Waals surface area contributed by atoms with Crippen LogP contribution < -0.4 is 10.5 Å². The molecule has 21 heavy (non-hydrogen) atoms. The molecule has 2 N–H and O–H groups in total. The van der Waals surface area contributed by atoms with Crippen LogP contribution >= 0.6 is 0 Å².